The summed E-state index contributed by atoms with van der Waals surface area (Å²) in [6, 6.07) is 18.3. The minimum Gasteiger partial charge on any atom is -0.468 e. The largest absolute Gasteiger partial charge is 0.468 e. The van der Waals surface area contributed by atoms with Crippen LogP contribution in [0.1, 0.15) is 17.0 Å². The molecule has 0 bridgehead atoms. The van der Waals surface area contributed by atoms with Crippen LogP contribution < -0.4 is 10.6 Å². The second kappa shape index (κ2) is 9.96. The quantitative estimate of drug-likeness (QED) is 0.533. The third kappa shape index (κ3) is 5.13. The summed E-state index contributed by atoms with van der Waals surface area (Å²) >= 11 is 1.05. The van der Waals surface area contributed by atoms with Crippen molar-refractivity contribution in [2.24, 2.45) is 5.92 Å². The molecule has 1 aliphatic rings. The van der Waals surface area contributed by atoms with Gasteiger partial charge in [0.1, 0.15) is 5.92 Å². The highest BCUT2D eigenvalue weighted by Crippen LogP contribution is 2.40. The molecule has 2 aromatic carbocycles. The van der Waals surface area contributed by atoms with E-state index in [0.29, 0.717) is 11.3 Å². The van der Waals surface area contributed by atoms with Crippen molar-refractivity contribution in [2.45, 2.75) is 12.8 Å². The molecule has 1 heterocycles. The maximum absolute atomic E-state index is 12.7. The van der Waals surface area contributed by atoms with Crippen molar-refractivity contribution in [3.63, 3.8) is 0 Å². The number of carbonyl (C=O) groups is 3. The fourth-order valence-corrected chi connectivity index (χ4v) is 4.16. The molecular formula is C23H21N3O4S. The number of methoxy groups -OCH3 is 1. The van der Waals surface area contributed by atoms with Crippen LogP contribution in [-0.2, 0) is 19.1 Å². The first-order valence-electron chi connectivity index (χ1n) is 9.51. The first-order chi connectivity index (χ1) is 14.9. The molecule has 2 amide bonds. The Labute approximate surface area is 184 Å². The van der Waals surface area contributed by atoms with E-state index in [1.54, 1.807) is 42.5 Å². The molecule has 0 fully saturated rings. The minimum atomic E-state index is -1.19. The first-order valence-corrected chi connectivity index (χ1v) is 10.5. The Kier molecular flexibility index (Phi) is 7.11. The molecule has 8 heteroatoms. The van der Waals surface area contributed by atoms with Crippen molar-refractivity contribution < 1.29 is 19.1 Å². The number of hydrogen-bond donors (Lipinski definition) is 2. The van der Waals surface area contributed by atoms with E-state index in [4.69, 9.17) is 4.74 Å². The number of aryl methyl sites for hydroxylation is 1. The van der Waals surface area contributed by atoms with Gasteiger partial charge in [0.15, 0.2) is 0 Å². The number of anilines is 1. The van der Waals surface area contributed by atoms with E-state index in [-0.39, 0.29) is 22.3 Å². The Morgan fingerprint density at radius 2 is 1.84 bits per heavy atom. The van der Waals surface area contributed by atoms with Crippen LogP contribution in [0.25, 0.3) is 0 Å². The lowest BCUT2D eigenvalue weighted by Gasteiger charge is -2.30. The van der Waals surface area contributed by atoms with E-state index >= 15 is 0 Å². The third-order valence-electron chi connectivity index (χ3n) is 4.83. The van der Waals surface area contributed by atoms with Gasteiger partial charge in [-0.05, 0) is 24.6 Å². The van der Waals surface area contributed by atoms with E-state index in [1.807, 2.05) is 19.1 Å². The number of amides is 2. The minimum absolute atomic E-state index is 0.0148. The lowest BCUT2D eigenvalue weighted by Crippen LogP contribution is -2.44. The molecule has 1 aliphatic heterocycles. The van der Waals surface area contributed by atoms with E-state index < -0.39 is 23.7 Å². The molecule has 0 spiro atoms. The molecule has 0 saturated heterocycles. The Hall–Kier alpha value is -3.57. The zero-order valence-electron chi connectivity index (χ0n) is 17.0. The van der Waals surface area contributed by atoms with Crippen molar-refractivity contribution >= 4 is 35.2 Å². The maximum Gasteiger partial charge on any atom is 0.319 e. The van der Waals surface area contributed by atoms with Gasteiger partial charge in [0.05, 0.1) is 29.5 Å². The van der Waals surface area contributed by atoms with Gasteiger partial charge in [0, 0.05) is 11.6 Å². The van der Waals surface area contributed by atoms with Crippen LogP contribution in [0.5, 0.6) is 0 Å². The van der Waals surface area contributed by atoms with Crippen LogP contribution in [0, 0.1) is 24.2 Å². The summed E-state index contributed by atoms with van der Waals surface area (Å²) in [4.78, 5) is 37.4. The normalized spacial score (nSPS) is 18.0. The number of allylic oxidation sites excluding steroid dienone is 1. The Bertz CT molecular complexity index is 1060. The monoisotopic (exact) mass is 435 g/mol. The lowest BCUT2D eigenvalue weighted by atomic mass is 9.78. The van der Waals surface area contributed by atoms with Gasteiger partial charge < -0.3 is 15.4 Å². The molecule has 7 nitrogen and oxygen atoms in total. The van der Waals surface area contributed by atoms with Crippen LogP contribution in [-0.4, -0.2) is 30.6 Å². The third-order valence-corrected chi connectivity index (χ3v) is 5.84. The van der Waals surface area contributed by atoms with E-state index in [9.17, 15) is 19.6 Å². The molecule has 31 heavy (non-hydrogen) atoms. The second-order valence-electron chi connectivity index (χ2n) is 6.94. The van der Waals surface area contributed by atoms with Gasteiger partial charge in [-0.15, -0.1) is 0 Å². The summed E-state index contributed by atoms with van der Waals surface area (Å²) in [5.41, 5.74) is 2.60. The summed E-state index contributed by atoms with van der Waals surface area (Å²) in [7, 11) is 1.20. The predicted octanol–water partition coefficient (Wildman–Crippen LogP) is 3.10. The number of ether oxygens (including phenoxy) is 1. The van der Waals surface area contributed by atoms with Crippen LogP contribution >= 0.6 is 11.8 Å². The fraction of sp³-hybridized carbons (Fsp3) is 0.217. The molecule has 0 saturated carbocycles. The first kappa shape index (κ1) is 22.1. The Morgan fingerprint density at radius 1 is 1.16 bits per heavy atom. The molecular weight excluding hydrogens is 414 g/mol. The molecule has 2 atom stereocenters. The van der Waals surface area contributed by atoms with Crippen LogP contribution in [0.2, 0.25) is 0 Å². The highest BCUT2D eigenvalue weighted by atomic mass is 32.2. The summed E-state index contributed by atoms with van der Waals surface area (Å²) < 4.78 is 4.81. The molecule has 0 aliphatic carbocycles. The topological polar surface area (TPSA) is 108 Å². The smallest absolute Gasteiger partial charge is 0.319 e. The standard InChI is InChI=1S/C23H21N3O4S/c1-14-8-10-16(11-9-14)25-18(27)13-31-22-17(12-24)19(15-6-4-3-5-7-15)20(21(28)26-22)23(29)30-2/h3-11,19-20H,13H2,1-2H3,(H,25,27)(H,26,28)/t19-,20-/m1/s1. The SMILES string of the molecule is COC(=O)[C@H]1C(=O)NC(SCC(=O)Nc2ccc(C)cc2)=C(C#N)[C@H]1c1ccccc1. The number of nitrogens with one attached hydrogen (secondary N) is 2. The number of carbonyl (C=O) groups excluding carboxylic acids is 3. The number of hydrogen-bond acceptors (Lipinski definition) is 6. The second-order valence-corrected chi connectivity index (χ2v) is 7.92. The highest BCUT2D eigenvalue weighted by Gasteiger charge is 2.44. The van der Waals surface area contributed by atoms with Gasteiger partial charge in [-0.1, -0.05) is 59.8 Å². The zero-order valence-corrected chi connectivity index (χ0v) is 17.9. The lowest BCUT2D eigenvalue weighted by molar-refractivity contribution is -0.150. The molecule has 158 valence electrons. The maximum atomic E-state index is 12.7. The van der Waals surface area contributed by atoms with Crippen LogP contribution in [0.3, 0.4) is 0 Å². The van der Waals surface area contributed by atoms with E-state index in [0.717, 1.165) is 17.3 Å². The summed E-state index contributed by atoms with van der Waals surface area (Å²) in [5.74, 6) is -3.57. The predicted molar refractivity (Wildman–Crippen MR) is 118 cm³/mol. The van der Waals surface area contributed by atoms with Gasteiger partial charge in [0.2, 0.25) is 11.8 Å². The fourth-order valence-electron chi connectivity index (χ4n) is 3.31. The average Bonchev–Trinajstić information content (AvgIpc) is 2.78. The molecule has 2 aromatic rings. The molecule has 0 aromatic heterocycles. The van der Waals surface area contributed by atoms with E-state index in [1.165, 1.54) is 7.11 Å². The highest BCUT2D eigenvalue weighted by molar-refractivity contribution is 8.03. The molecule has 0 unspecified atom stereocenters. The van der Waals surface area contributed by atoms with E-state index in [2.05, 4.69) is 16.7 Å². The van der Waals surface area contributed by atoms with Gasteiger partial charge in [-0.2, -0.15) is 5.26 Å². The van der Waals surface area contributed by atoms with Crippen LogP contribution in [0.15, 0.2) is 65.2 Å². The molecule has 3 rings (SSSR count). The van der Waals surface area contributed by atoms with Crippen LogP contribution in [0.4, 0.5) is 5.69 Å². The van der Waals surface area contributed by atoms with Crippen molar-refractivity contribution in [3.8, 4) is 6.07 Å². The number of rotatable bonds is 6. The number of nitriles is 1. The number of nitrogens with zero attached hydrogens (tertiary/aromatic N) is 1. The summed E-state index contributed by atoms with van der Waals surface area (Å²) in [6.07, 6.45) is 0. The summed E-state index contributed by atoms with van der Waals surface area (Å²) in [6.45, 7) is 1.95. The van der Waals surface area contributed by atoms with Crippen molar-refractivity contribution in [1.82, 2.24) is 5.32 Å². The average molecular weight is 436 g/mol. The number of thioether (sulfide) groups is 1. The zero-order chi connectivity index (χ0) is 22.4. The number of esters is 1. The Morgan fingerprint density at radius 3 is 2.45 bits per heavy atom. The van der Waals surface area contributed by atoms with Crippen molar-refractivity contribution in [3.05, 3.63) is 76.3 Å². The van der Waals surface area contributed by atoms with Gasteiger partial charge >= 0.3 is 5.97 Å². The summed E-state index contributed by atoms with van der Waals surface area (Å²) in [5, 5.41) is 15.5. The Balaban J connectivity index is 1.85. The number of benzene rings is 2. The van der Waals surface area contributed by atoms with Crippen molar-refractivity contribution in [1.29, 1.82) is 5.26 Å². The van der Waals surface area contributed by atoms with Crippen molar-refractivity contribution in [2.75, 3.05) is 18.2 Å². The molecule has 0 radical (unpaired) electrons. The van der Waals surface area contributed by atoms with Gasteiger partial charge in [-0.25, -0.2) is 0 Å². The van der Waals surface area contributed by atoms with Gasteiger partial charge in [-0.3, -0.25) is 14.4 Å². The van der Waals surface area contributed by atoms with Gasteiger partial charge in [0.25, 0.3) is 0 Å². The molecule has 2 N–H and O–H groups in total.